The van der Waals surface area contributed by atoms with Crippen molar-refractivity contribution in [3.05, 3.63) is 52.3 Å². The maximum Gasteiger partial charge on any atom is 0.306 e. The topological polar surface area (TPSA) is 122 Å². The third-order valence-corrected chi connectivity index (χ3v) is 5.89. The normalized spacial score (nSPS) is 18.0. The van der Waals surface area contributed by atoms with Crippen molar-refractivity contribution in [2.24, 2.45) is 5.92 Å². The minimum atomic E-state index is -0.998. The molecule has 3 amide bonds. The molecule has 0 bridgehead atoms. The summed E-state index contributed by atoms with van der Waals surface area (Å²) in [6.45, 7) is 0.0188. The van der Waals surface area contributed by atoms with Gasteiger partial charge in [-0.1, -0.05) is 0 Å². The van der Waals surface area contributed by atoms with Crippen molar-refractivity contribution in [3.8, 4) is 0 Å². The Hall–Kier alpha value is -3.47. The monoisotopic (exact) mass is 430 g/mol. The van der Waals surface area contributed by atoms with Gasteiger partial charge < -0.3 is 15.5 Å². The zero-order chi connectivity index (χ0) is 21.4. The van der Waals surface area contributed by atoms with Crippen molar-refractivity contribution >= 4 is 52.2 Å². The van der Waals surface area contributed by atoms with Gasteiger partial charge in [0.25, 0.3) is 0 Å². The quantitative estimate of drug-likeness (QED) is 0.568. The van der Waals surface area contributed by atoms with E-state index < -0.39 is 28.3 Å². The summed E-state index contributed by atoms with van der Waals surface area (Å²) in [4.78, 5) is 48.8. The Morgan fingerprint density at radius 3 is 2.83 bits per heavy atom. The molecule has 1 saturated heterocycles. The van der Waals surface area contributed by atoms with E-state index in [1.54, 1.807) is 18.2 Å². The number of nitro benzene ring substituents is 1. The van der Waals surface area contributed by atoms with E-state index in [9.17, 15) is 28.9 Å². The molecule has 4 rings (SSSR count). The molecule has 2 aromatic rings. The largest absolute Gasteiger partial charge is 0.326 e. The number of anilines is 3. The average Bonchev–Trinajstić information content (AvgIpc) is 3.09. The first-order chi connectivity index (χ1) is 14.3. The number of carbonyl (C=O) groups excluding carboxylic acids is 3. The van der Waals surface area contributed by atoms with E-state index in [-0.39, 0.29) is 30.5 Å². The number of hydrogen-bond acceptors (Lipinski definition) is 6. The molecule has 2 aliphatic rings. The summed E-state index contributed by atoms with van der Waals surface area (Å²) in [5, 5.41) is 16.4. The van der Waals surface area contributed by atoms with Crippen LogP contribution in [0.2, 0.25) is 0 Å². The summed E-state index contributed by atoms with van der Waals surface area (Å²) in [5.41, 5.74) is 0.515. The van der Waals surface area contributed by atoms with E-state index in [1.165, 1.54) is 22.7 Å². The predicted octanol–water partition coefficient (Wildman–Crippen LogP) is 2.77. The summed E-state index contributed by atoms with van der Waals surface area (Å²) in [6, 6.07) is 8.32. The molecule has 154 valence electrons. The van der Waals surface area contributed by atoms with Crippen LogP contribution in [0.5, 0.6) is 0 Å². The zero-order valence-electron chi connectivity index (χ0n) is 15.4. The van der Waals surface area contributed by atoms with E-state index in [4.69, 9.17) is 0 Å². The van der Waals surface area contributed by atoms with Gasteiger partial charge in [-0.05, 0) is 30.3 Å². The number of benzene rings is 2. The Bertz CT molecular complexity index is 1090. The Morgan fingerprint density at radius 1 is 1.27 bits per heavy atom. The number of halogens is 1. The van der Waals surface area contributed by atoms with E-state index in [0.717, 1.165) is 17.0 Å². The average molecular weight is 430 g/mol. The fourth-order valence-corrected chi connectivity index (χ4v) is 4.14. The molecule has 0 radical (unpaired) electrons. The van der Waals surface area contributed by atoms with Crippen LogP contribution < -0.4 is 15.5 Å². The fraction of sp³-hybridized carbons (Fsp3) is 0.211. The maximum absolute atomic E-state index is 13.6. The molecular weight excluding hydrogens is 415 g/mol. The summed E-state index contributed by atoms with van der Waals surface area (Å²) >= 11 is 1.40. The van der Waals surface area contributed by atoms with Gasteiger partial charge in [0, 0.05) is 29.6 Å². The molecule has 11 heteroatoms. The highest BCUT2D eigenvalue weighted by Crippen LogP contribution is 2.34. The minimum absolute atomic E-state index is 0.0188. The highest BCUT2D eigenvalue weighted by molar-refractivity contribution is 8.00. The second-order valence-corrected chi connectivity index (χ2v) is 7.85. The van der Waals surface area contributed by atoms with Gasteiger partial charge in [0.2, 0.25) is 23.5 Å². The molecule has 1 fully saturated rings. The number of rotatable bonds is 4. The Kier molecular flexibility index (Phi) is 5.12. The van der Waals surface area contributed by atoms with Gasteiger partial charge in [0.15, 0.2) is 0 Å². The molecule has 0 spiro atoms. The molecular formula is C19H15FN4O5S. The predicted molar refractivity (Wildman–Crippen MR) is 108 cm³/mol. The van der Waals surface area contributed by atoms with Crippen LogP contribution in [0.25, 0.3) is 0 Å². The van der Waals surface area contributed by atoms with Crippen LogP contribution in [0.3, 0.4) is 0 Å². The van der Waals surface area contributed by atoms with Crippen LogP contribution in [-0.2, 0) is 14.4 Å². The third-order valence-electron chi connectivity index (χ3n) is 4.81. The molecule has 2 N–H and O–H groups in total. The first kappa shape index (κ1) is 19.8. The Balaban J connectivity index is 1.47. The SMILES string of the molecule is O=C1CSc2ccc(NC(=O)C3CC(=O)N(c4ccc(F)c([N+](=O)[O-])c4)C3)cc2N1. The Labute approximate surface area is 173 Å². The second kappa shape index (κ2) is 7.75. The molecule has 0 aromatic heterocycles. The minimum Gasteiger partial charge on any atom is -0.326 e. The first-order valence-corrected chi connectivity index (χ1v) is 9.92. The van der Waals surface area contributed by atoms with Crippen molar-refractivity contribution < 1.29 is 23.7 Å². The standard InChI is InChI=1S/C19H15FN4O5S/c20-13-3-2-12(7-15(13)24(28)29)23-8-10(5-18(23)26)19(27)21-11-1-4-16-14(6-11)22-17(25)9-30-16/h1-4,6-7,10H,5,8-9H2,(H,21,27)(H,22,25). The fourth-order valence-electron chi connectivity index (χ4n) is 3.35. The first-order valence-electron chi connectivity index (χ1n) is 8.93. The number of fused-ring (bicyclic) bond motifs is 1. The Morgan fingerprint density at radius 2 is 2.07 bits per heavy atom. The number of nitrogens with one attached hydrogen (secondary N) is 2. The van der Waals surface area contributed by atoms with Crippen LogP contribution in [0.4, 0.5) is 27.1 Å². The van der Waals surface area contributed by atoms with Gasteiger partial charge in [0.05, 0.1) is 28.0 Å². The van der Waals surface area contributed by atoms with Crippen molar-refractivity contribution in [3.63, 3.8) is 0 Å². The summed E-state index contributed by atoms with van der Waals surface area (Å²) in [6.07, 6.45) is -0.0749. The van der Waals surface area contributed by atoms with Crippen LogP contribution >= 0.6 is 11.8 Å². The maximum atomic E-state index is 13.6. The van der Waals surface area contributed by atoms with Gasteiger partial charge >= 0.3 is 5.69 Å². The highest BCUT2D eigenvalue weighted by atomic mass is 32.2. The van der Waals surface area contributed by atoms with Crippen molar-refractivity contribution in [1.82, 2.24) is 0 Å². The van der Waals surface area contributed by atoms with E-state index >= 15 is 0 Å². The van der Waals surface area contributed by atoms with Crippen molar-refractivity contribution in [2.75, 3.05) is 27.8 Å². The highest BCUT2D eigenvalue weighted by Gasteiger charge is 2.36. The summed E-state index contributed by atoms with van der Waals surface area (Å²) < 4.78 is 13.6. The van der Waals surface area contributed by atoms with Gasteiger partial charge in [0.1, 0.15) is 0 Å². The molecule has 9 nitrogen and oxygen atoms in total. The molecule has 30 heavy (non-hydrogen) atoms. The smallest absolute Gasteiger partial charge is 0.306 e. The number of amides is 3. The molecule has 0 aliphatic carbocycles. The molecule has 1 unspecified atom stereocenters. The lowest BCUT2D eigenvalue weighted by molar-refractivity contribution is -0.387. The molecule has 2 aromatic carbocycles. The number of hydrogen-bond donors (Lipinski definition) is 2. The molecule has 2 heterocycles. The van der Waals surface area contributed by atoms with Crippen LogP contribution in [0.1, 0.15) is 6.42 Å². The molecule has 0 saturated carbocycles. The van der Waals surface area contributed by atoms with E-state index in [2.05, 4.69) is 10.6 Å². The number of thioether (sulfide) groups is 1. The third kappa shape index (κ3) is 3.83. The van der Waals surface area contributed by atoms with Gasteiger partial charge in [-0.3, -0.25) is 24.5 Å². The van der Waals surface area contributed by atoms with Gasteiger partial charge in [-0.25, -0.2) is 0 Å². The summed E-state index contributed by atoms with van der Waals surface area (Å²) in [7, 11) is 0. The lowest BCUT2D eigenvalue weighted by atomic mass is 10.1. The number of nitro groups is 1. The summed E-state index contributed by atoms with van der Waals surface area (Å²) in [5.74, 6) is -2.24. The van der Waals surface area contributed by atoms with Crippen molar-refractivity contribution in [1.29, 1.82) is 0 Å². The van der Waals surface area contributed by atoms with E-state index in [1.807, 2.05) is 0 Å². The molecule has 2 aliphatic heterocycles. The molecule has 1 atom stereocenters. The lowest BCUT2D eigenvalue weighted by Gasteiger charge is -2.18. The van der Waals surface area contributed by atoms with Gasteiger partial charge in [-0.15, -0.1) is 11.8 Å². The van der Waals surface area contributed by atoms with Crippen LogP contribution in [0, 0.1) is 21.8 Å². The van der Waals surface area contributed by atoms with Crippen LogP contribution in [0.15, 0.2) is 41.3 Å². The second-order valence-electron chi connectivity index (χ2n) is 6.84. The van der Waals surface area contributed by atoms with Gasteiger partial charge in [-0.2, -0.15) is 4.39 Å². The lowest BCUT2D eigenvalue weighted by Crippen LogP contribution is -2.28. The van der Waals surface area contributed by atoms with Crippen molar-refractivity contribution in [2.45, 2.75) is 11.3 Å². The van der Waals surface area contributed by atoms with Crippen LogP contribution in [-0.4, -0.2) is 34.9 Å². The number of carbonyl (C=O) groups is 3. The number of nitrogens with zero attached hydrogens (tertiary/aromatic N) is 2. The zero-order valence-corrected chi connectivity index (χ0v) is 16.2. The van der Waals surface area contributed by atoms with E-state index in [0.29, 0.717) is 17.1 Å².